The molecule has 0 radical (unpaired) electrons. The minimum absolute atomic E-state index is 0.664. The van der Waals surface area contributed by atoms with Gasteiger partial charge in [0.05, 0.1) is 0 Å². The van der Waals surface area contributed by atoms with E-state index in [-0.39, 0.29) is 0 Å². The van der Waals surface area contributed by atoms with Gasteiger partial charge in [-0.25, -0.2) is 0 Å². The molecule has 1 unspecified atom stereocenters. The van der Waals surface area contributed by atoms with Crippen molar-refractivity contribution in [3.8, 4) is 0 Å². The van der Waals surface area contributed by atoms with Gasteiger partial charge in [-0.15, -0.1) is 11.6 Å². The molecule has 0 saturated heterocycles. The monoisotopic (exact) mass is 206 g/mol. The van der Waals surface area contributed by atoms with Gasteiger partial charge in [-0.1, -0.05) is 6.92 Å². The van der Waals surface area contributed by atoms with E-state index in [2.05, 4.69) is 31.2 Å². The van der Waals surface area contributed by atoms with Crippen LogP contribution in [0.4, 0.5) is 0 Å². The quantitative estimate of drug-likeness (QED) is 0.481. The van der Waals surface area contributed by atoms with E-state index < -0.39 is 0 Å². The number of likely N-dealkylation sites (N-methyl/N-ethyl adjacent to an activating group) is 1. The second-order valence-corrected chi connectivity index (χ2v) is 4.26. The third-order valence-electron chi connectivity index (χ3n) is 2.05. The van der Waals surface area contributed by atoms with Crippen LogP contribution in [0.3, 0.4) is 0 Å². The Balaban J connectivity index is 2.99. The average molecular weight is 207 g/mol. The normalized spacial score (nSPS) is 13.6. The first-order chi connectivity index (χ1) is 6.16. The summed E-state index contributed by atoms with van der Waals surface area (Å²) in [4.78, 5) is 2.19. The summed E-state index contributed by atoms with van der Waals surface area (Å²) < 4.78 is 0. The SMILES string of the molecule is CC(CCl)CCCNCCN(C)C. The Morgan fingerprint density at radius 2 is 2.00 bits per heavy atom. The van der Waals surface area contributed by atoms with E-state index >= 15 is 0 Å². The maximum atomic E-state index is 5.71. The van der Waals surface area contributed by atoms with Crippen molar-refractivity contribution in [1.29, 1.82) is 0 Å². The van der Waals surface area contributed by atoms with Crippen molar-refractivity contribution < 1.29 is 0 Å². The lowest BCUT2D eigenvalue weighted by Crippen LogP contribution is -2.27. The third kappa shape index (κ3) is 10.1. The Labute approximate surface area is 87.6 Å². The van der Waals surface area contributed by atoms with Crippen molar-refractivity contribution in [2.24, 2.45) is 5.92 Å². The summed E-state index contributed by atoms with van der Waals surface area (Å²) in [6.07, 6.45) is 2.47. The Morgan fingerprint density at radius 1 is 1.31 bits per heavy atom. The molecular formula is C10H23ClN2. The highest BCUT2D eigenvalue weighted by molar-refractivity contribution is 6.18. The van der Waals surface area contributed by atoms with Gasteiger partial charge in [-0.05, 0) is 39.4 Å². The summed E-state index contributed by atoms with van der Waals surface area (Å²) in [5.41, 5.74) is 0. The maximum absolute atomic E-state index is 5.71. The van der Waals surface area contributed by atoms with Crippen molar-refractivity contribution in [2.45, 2.75) is 19.8 Å². The first kappa shape index (κ1) is 13.2. The molecule has 0 spiro atoms. The number of halogens is 1. The minimum atomic E-state index is 0.664. The lowest BCUT2D eigenvalue weighted by Gasteiger charge is -2.11. The standard InChI is InChI=1S/C10H23ClN2/c1-10(9-11)5-4-6-12-7-8-13(2)3/h10,12H,4-9H2,1-3H3. The van der Waals surface area contributed by atoms with Gasteiger partial charge in [0.2, 0.25) is 0 Å². The van der Waals surface area contributed by atoms with Crippen molar-refractivity contribution in [2.75, 3.05) is 39.6 Å². The molecule has 0 aromatic carbocycles. The molecule has 0 bridgehead atoms. The van der Waals surface area contributed by atoms with Crippen LogP contribution < -0.4 is 5.32 Å². The summed E-state index contributed by atoms with van der Waals surface area (Å²) in [7, 11) is 4.19. The van der Waals surface area contributed by atoms with Crippen LogP contribution in [0.2, 0.25) is 0 Å². The number of hydrogen-bond acceptors (Lipinski definition) is 2. The van der Waals surface area contributed by atoms with Crippen molar-refractivity contribution in [3.05, 3.63) is 0 Å². The largest absolute Gasteiger partial charge is 0.315 e. The number of hydrogen-bond donors (Lipinski definition) is 1. The van der Waals surface area contributed by atoms with Crippen molar-refractivity contribution in [1.82, 2.24) is 10.2 Å². The fraction of sp³-hybridized carbons (Fsp3) is 1.00. The summed E-state index contributed by atoms with van der Waals surface area (Å²) >= 11 is 5.71. The zero-order valence-electron chi connectivity index (χ0n) is 9.15. The second-order valence-electron chi connectivity index (χ2n) is 3.95. The first-order valence-corrected chi connectivity index (χ1v) is 5.61. The lowest BCUT2D eigenvalue weighted by atomic mass is 10.1. The van der Waals surface area contributed by atoms with Crippen LogP contribution in [-0.4, -0.2) is 44.5 Å². The molecule has 0 aliphatic carbocycles. The van der Waals surface area contributed by atoms with Gasteiger partial charge in [0.1, 0.15) is 0 Å². The van der Waals surface area contributed by atoms with Gasteiger partial charge in [0, 0.05) is 19.0 Å². The molecule has 1 atom stereocenters. The number of nitrogens with zero attached hydrogens (tertiary/aromatic N) is 1. The predicted molar refractivity (Wildman–Crippen MR) is 60.5 cm³/mol. The number of nitrogens with one attached hydrogen (secondary N) is 1. The van der Waals surface area contributed by atoms with Crippen LogP contribution >= 0.6 is 11.6 Å². The van der Waals surface area contributed by atoms with E-state index in [1.165, 1.54) is 12.8 Å². The average Bonchev–Trinajstić information content (AvgIpc) is 2.10. The third-order valence-corrected chi connectivity index (χ3v) is 2.58. The topological polar surface area (TPSA) is 15.3 Å². The summed E-state index contributed by atoms with van der Waals surface area (Å²) in [5, 5.41) is 3.41. The van der Waals surface area contributed by atoms with Gasteiger partial charge in [0.15, 0.2) is 0 Å². The highest BCUT2D eigenvalue weighted by Gasteiger charge is 1.98. The van der Waals surface area contributed by atoms with Crippen molar-refractivity contribution >= 4 is 11.6 Å². The minimum Gasteiger partial charge on any atom is -0.315 e. The van der Waals surface area contributed by atoms with Crippen LogP contribution in [0.1, 0.15) is 19.8 Å². The molecule has 0 fully saturated rings. The first-order valence-electron chi connectivity index (χ1n) is 5.08. The molecule has 2 nitrogen and oxygen atoms in total. The summed E-state index contributed by atoms with van der Waals surface area (Å²) in [6.45, 7) is 5.52. The summed E-state index contributed by atoms with van der Waals surface area (Å²) in [5.74, 6) is 1.45. The molecule has 0 aliphatic rings. The molecule has 0 heterocycles. The molecule has 0 aromatic rings. The second kappa shape index (κ2) is 8.79. The molecule has 0 aliphatic heterocycles. The Bertz CT molecular complexity index is 107. The van der Waals surface area contributed by atoms with Gasteiger partial charge >= 0.3 is 0 Å². The number of rotatable bonds is 8. The number of alkyl halides is 1. The predicted octanol–water partition coefficient (Wildman–Crippen LogP) is 1.79. The highest BCUT2D eigenvalue weighted by Crippen LogP contribution is 2.05. The highest BCUT2D eigenvalue weighted by atomic mass is 35.5. The Morgan fingerprint density at radius 3 is 2.54 bits per heavy atom. The van der Waals surface area contributed by atoms with Crippen molar-refractivity contribution in [3.63, 3.8) is 0 Å². The smallest absolute Gasteiger partial charge is 0.0249 e. The van der Waals surface area contributed by atoms with Crippen LogP contribution in [0.25, 0.3) is 0 Å². The van der Waals surface area contributed by atoms with E-state index in [1.54, 1.807) is 0 Å². The fourth-order valence-electron chi connectivity index (χ4n) is 1.08. The van der Waals surface area contributed by atoms with Crippen LogP contribution in [0.15, 0.2) is 0 Å². The van der Waals surface area contributed by atoms with E-state index in [4.69, 9.17) is 11.6 Å². The molecule has 1 N–H and O–H groups in total. The maximum Gasteiger partial charge on any atom is 0.0249 e. The van der Waals surface area contributed by atoms with E-state index in [9.17, 15) is 0 Å². The molecule has 0 saturated carbocycles. The van der Waals surface area contributed by atoms with Gasteiger partial charge in [-0.3, -0.25) is 0 Å². The van der Waals surface area contributed by atoms with Crippen LogP contribution in [0.5, 0.6) is 0 Å². The zero-order valence-corrected chi connectivity index (χ0v) is 9.90. The van der Waals surface area contributed by atoms with E-state index in [1.807, 2.05) is 0 Å². The molecular weight excluding hydrogens is 184 g/mol. The molecule has 80 valence electrons. The van der Waals surface area contributed by atoms with Crippen LogP contribution in [-0.2, 0) is 0 Å². The van der Waals surface area contributed by atoms with E-state index in [0.717, 1.165) is 25.5 Å². The Hall–Kier alpha value is 0.210. The molecule has 0 aromatic heterocycles. The molecule has 0 rings (SSSR count). The lowest BCUT2D eigenvalue weighted by molar-refractivity contribution is 0.397. The fourth-order valence-corrected chi connectivity index (χ4v) is 1.23. The molecule has 3 heteroatoms. The van der Waals surface area contributed by atoms with Crippen LogP contribution in [0, 0.1) is 5.92 Å². The summed E-state index contributed by atoms with van der Waals surface area (Å²) in [6, 6.07) is 0. The van der Waals surface area contributed by atoms with Gasteiger partial charge in [-0.2, -0.15) is 0 Å². The molecule has 13 heavy (non-hydrogen) atoms. The molecule has 0 amide bonds. The van der Waals surface area contributed by atoms with Gasteiger partial charge < -0.3 is 10.2 Å². The Kier molecular flexibility index (Phi) is 8.93. The zero-order chi connectivity index (χ0) is 10.1. The van der Waals surface area contributed by atoms with Gasteiger partial charge in [0.25, 0.3) is 0 Å². The van der Waals surface area contributed by atoms with E-state index in [0.29, 0.717) is 5.92 Å².